The third-order valence-electron chi connectivity index (χ3n) is 5.28. The number of nitrogens with one attached hydrogen (secondary N) is 1. The van der Waals surface area contributed by atoms with Gasteiger partial charge in [-0.25, -0.2) is 14.5 Å². The van der Waals surface area contributed by atoms with Crippen LogP contribution in [0.1, 0.15) is 34.6 Å². The minimum atomic E-state index is -4.48. The van der Waals surface area contributed by atoms with E-state index in [1.807, 2.05) is 17.5 Å². The third kappa shape index (κ3) is 4.18. The first kappa shape index (κ1) is 20.4. The van der Waals surface area contributed by atoms with Gasteiger partial charge in [-0.1, -0.05) is 6.07 Å². The Morgan fingerprint density at radius 3 is 2.63 bits per heavy atom. The molecular formula is C20H19F3N4O2S. The topological polar surface area (TPSA) is 71.0 Å². The number of hydrogen-bond donors (Lipinski definition) is 1. The van der Waals surface area contributed by atoms with Crippen LogP contribution in [0.25, 0.3) is 5.00 Å². The van der Waals surface area contributed by atoms with Crippen molar-refractivity contribution in [3.63, 3.8) is 0 Å². The summed E-state index contributed by atoms with van der Waals surface area (Å²) in [6.45, 7) is 0.904. The first-order valence-electron chi connectivity index (χ1n) is 9.49. The highest BCUT2D eigenvalue weighted by atomic mass is 32.1. The molecule has 1 aromatic carbocycles. The van der Waals surface area contributed by atoms with Crippen molar-refractivity contribution in [2.45, 2.75) is 25.4 Å². The van der Waals surface area contributed by atoms with Gasteiger partial charge in [-0.15, -0.1) is 11.3 Å². The third-order valence-corrected chi connectivity index (χ3v) is 6.13. The Bertz CT molecular complexity index is 1080. The molecule has 0 unspecified atom stereocenters. The van der Waals surface area contributed by atoms with Crippen LogP contribution in [0.4, 0.5) is 13.2 Å². The lowest BCUT2D eigenvalue weighted by Gasteiger charge is -2.32. The molecule has 10 heteroatoms. The average molecular weight is 436 g/mol. The van der Waals surface area contributed by atoms with E-state index in [-0.39, 0.29) is 17.2 Å². The number of amides is 1. The maximum absolute atomic E-state index is 12.9. The molecule has 1 fully saturated rings. The van der Waals surface area contributed by atoms with Crippen LogP contribution in [0.5, 0.6) is 0 Å². The van der Waals surface area contributed by atoms with Crippen molar-refractivity contribution in [3.05, 3.63) is 69.2 Å². The van der Waals surface area contributed by atoms with E-state index in [1.54, 1.807) is 9.47 Å². The van der Waals surface area contributed by atoms with Crippen LogP contribution < -0.4 is 5.69 Å². The van der Waals surface area contributed by atoms with Gasteiger partial charge < -0.3 is 4.90 Å². The highest BCUT2D eigenvalue weighted by molar-refractivity contribution is 7.12. The predicted octanol–water partition coefficient (Wildman–Crippen LogP) is 3.74. The van der Waals surface area contributed by atoms with E-state index < -0.39 is 17.6 Å². The Morgan fingerprint density at radius 1 is 1.20 bits per heavy atom. The van der Waals surface area contributed by atoms with E-state index in [1.165, 1.54) is 23.5 Å². The van der Waals surface area contributed by atoms with Crippen molar-refractivity contribution in [1.29, 1.82) is 0 Å². The molecule has 3 aromatic rings. The van der Waals surface area contributed by atoms with Crippen molar-refractivity contribution in [3.8, 4) is 5.00 Å². The van der Waals surface area contributed by atoms with Gasteiger partial charge in [-0.2, -0.15) is 18.3 Å². The Kier molecular flexibility index (Phi) is 5.50. The minimum Gasteiger partial charge on any atom is -0.339 e. The fraction of sp³-hybridized carbons (Fsp3) is 0.350. The van der Waals surface area contributed by atoms with Crippen LogP contribution in [0.3, 0.4) is 0 Å². The Balaban J connectivity index is 1.41. The molecule has 2 aromatic heterocycles. The smallest absolute Gasteiger partial charge is 0.339 e. The SMILES string of the molecule is O=C(c1cccc(C(F)(F)F)c1)N1CCC(Cc2n[nH]c(=O)n2-c2cccs2)CC1. The van der Waals surface area contributed by atoms with E-state index in [0.29, 0.717) is 38.2 Å². The molecule has 0 aliphatic carbocycles. The van der Waals surface area contributed by atoms with Crippen LogP contribution in [0.2, 0.25) is 0 Å². The van der Waals surface area contributed by atoms with E-state index >= 15 is 0 Å². The number of benzene rings is 1. The lowest BCUT2D eigenvalue weighted by molar-refractivity contribution is -0.137. The average Bonchev–Trinajstić information content (AvgIpc) is 3.37. The summed E-state index contributed by atoms with van der Waals surface area (Å²) in [6, 6.07) is 8.23. The summed E-state index contributed by atoms with van der Waals surface area (Å²) in [5.41, 5.74) is -1.07. The molecule has 0 bridgehead atoms. The molecule has 1 amide bonds. The summed E-state index contributed by atoms with van der Waals surface area (Å²) >= 11 is 1.45. The number of rotatable bonds is 4. The Hall–Kier alpha value is -2.88. The molecule has 0 radical (unpaired) electrons. The van der Waals surface area contributed by atoms with Gasteiger partial charge >= 0.3 is 11.9 Å². The van der Waals surface area contributed by atoms with Gasteiger partial charge in [0.25, 0.3) is 5.91 Å². The van der Waals surface area contributed by atoms with Crippen LogP contribution in [-0.2, 0) is 12.6 Å². The standard InChI is InChI=1S/C20H19F3N4O2S/c21-20(22,23)15-4-1-3-14(12-15)18(28)26-8-6-13(7-9-26)11-16-24-25-19(29)27(16)17-5-2-10-30-17/h1-5,10,12-13H,6-9,11H2,(H,25,29). The second-order valence-corrected chi connectivity index (χ2v) is 8.18. The molecule has 30 heavy (non-hydrogen) atoms. The number of aromatic nitrogens is 3. The maximum atomic E-state index is 12.9. The molecule has 4 rings (SSSR count). The second-order valence-electron chi connectivity index (χ2n) is 7.25. The number of thiophene rings is 1. The number of alkyl halides is 3. The zero-order chi connectivity index (χ0) is 21.3. The molecule has 1 N–H and O–H groups in total. The zero-order valence-corrected chi connectivity index (χ0v) is 16.7. The van der Waals surface area contributed by atoms with Crippen molar-refractivity contribution in [2.75, 3.05) is 13.1 Å². The summed E-state index contributed by atoms with van der Waals surface area (Å²) in [6.07, 6.45) is -2.51. The second kappa shape index (κ2) is 8.10. The number of halogens is 3. The van der Waals surface area contributed by atoms with Crippen molar-refractivity contribution in [1.82, 2.24) is 19.7 Å². The molecule has 158 valence electrons. The van der Waals surface area contributed by atoms with Crippen LogP contribution >= 0.6 is 11.3 Å². The van der Waals surface area contributed by atoms with E-state index in [0.717, 1.165) is 17.1 Å². The number of H-pyrrole nitrogens is 1. The fourth-order valence-electron chi connectivity index (χ4n) is 3.70. The first-order chi connectivity index (χ1) is 14.3. The molecular weight excluding hydrogens is 417 g/mol. The first-order valence-corrected chi connectivity index (χ1v) is 10.4. The fourth-order valence-corrected chi connectivity index (χ4v) is 4.45. The number of carbonyl (C=O) groups is 1. The molecule has 0 saturated carbocycles. The highest BCUT2D eigenvalue weighted by Crippen LogP contribution is 2.30. The summed E-state index contributed by atoms with van der Waals surface area (Å²) in [5.74, 6) is 0.476. The lowest BCUT2D eigenvalue weighted by atomic mass is 9.92. The monoisotopic (exact) mass is 436 g/mol. The Labute approximate surface area is 174 Å². The quantitative estimate of drug-likeness (QED) is 0.678. The van der Waals surface area contributed by atoms with E-state index in [4.69, 9.17) is 0 Å². The normalized spacial score (nSPS) is 15.5. The number of nitrogens with zero attached hydrogens (tertiary/aromatic N) is 3. The lowest BCUT2D eigenvalue weighted by Crippen LogP contribution is -2.39. The van der Waals surface area contributed by atoms with Crippen molar-refractivity contribution >= 4 is 17.2 Å². The molecule has 0 spiro atoms. The molecule has 0 atom stereocenters. The van der Waals surface area contributed by atoms with Gasteiger partial charge in [0.1, 0.15) is 10.8 Å². The largest absolute Gasteiger partial charge is 0.416 e. The number of likely N-dealkylation sites (tertiary alicyclic amines) is 1. The van der Waals surface area contributed by atoms with Gasteiger partial charge in [0, 0.05) is 25.1 Å². The van der Waals surface area contributed by atoms with Gasteiger partial charge in [0.05, 0.1) is 5.56 Å². The molecule has 6 nitrogen and oxygen atoms in total. The van der Waals surface area contributed by atoms with E-state index in [9.17, 15) is 22.8 Å². The highest BCUT2D eigenvalue weighted by Gasteiger charge is 2.32. The molecule has 1 aliphatic rings. The van der Waals surface area contributed by atoms with Gasteiger partial charge in [0.2, 0.25) is 0 Å². The molecule has 1 saturated heterocycles. The molecule has 1 aliphatic heterocycles. The van der Waals surface area contributed by atoms with Crippen LogP contribution in [-0.4, -0.2) is 38.7 Å². The Morgan fingerprint density at radius 2 is 1.97 bits per heavy atom. The summed E-state index contributed by atoms with van der Waals surface area (Å²) < 4.78 is 40.3. The minimum absolute atomic E-state index is 0.0436. The summed E-state index contributed by atoms with van der Waals surface area (Å²) in [5, 5.41) is 9.31. The number of piperidine rings is 1. The van der Waals surface area contributed by atoms with Crippen molar-refractivity contribution < 1.29 is 18.0 Å². The summed E-state index contributed by atoms with van der Waals surface area (Å²) in [7, 11) is 0. The van der Waals surface area contributed by atoms with Crippen molar-refractivity contribution in [2.24, 2.45) is 5.92 Å². The van der Waals surface area contributed by atoms with Crippen LogP contribution in [0.15, 0.2) is 46.6 Å². The summed E-state index contributed by atoms with van der Waals surface area (Å²) in [4.78, 5) is 26.3. The molecule has 3 heterocycles. The maximum Gasteiger partial charge on any atom is 0.416 e. The predicted molar refractivity (Wildman–Crippen MR) is 106 cm³/mol. The number of aromatic amines is 1. The van der Waals surface area contributed by atoms with Gasteiger partial charge in [-0.3, -0.25) is 4.79 Å². The number of carbonyl (C=O) groups excluding carboxylic acids is 1. The number of hydrogen-bond acceptors (Lipinski definition) is 4. The van der Waals surface area contributed by atoms with Gasteiger partial charge in [0.15, 0.2) is 0 Å². The zero-order valence-electron chi connectivity index (χ0n) is 15.9. The van der Waals surface area contributed by atoms with Crippen LogP contribution in [0, 0.1) is 5.92 Å². The van der Waals surface area contributed by atoms with E-state index in [2.05, 4.69) is 10.2 Å². The van der Waals surface area contributed by atoms with Gasteiger partial charge in [-0.05, 0) is 54.5 Å².